The van der Waals surface area contributed by atoms with Gasteiger partial charge in [0.2, 0.25) is 0 Å². The molecule has 0 aromatic carbocycles. The van der Waals surface area contributed by atoms with Crippen molar-refractivity contribution in [1.29, 1.82) is 0 Å². The molecule has 0 spiro atoms. The molecule has 78 valence electrons. The first-order valence-electron chi connectivity index (χ1n) is 4.77. The molecular weight excluding hydrogens is 191 g/mol. The molecule has 0 aromatic rings. The number of hydrogen-bond acceptors (Lipinski definition) is 3. The van der Waals surface area contributed by atoms with Crippen LogP contribution in [-0.4, -0.2) is 41.6 Å². The number of alkyl halides is 1. The van der Waals surface area contributed by atoms with Crippen LogP contribution in [0.15, 0.2) is 0 Å². The van der Waals surface area contributed by atoms with E-state index in [1.807, 2.05) is 0 Å². The zero-order valence-corrected chi connectivity index (χ0v) is 8.73. The molecule has 0 aliphatic carbocycles. The van der Waals surface area contributed by atoms with E-state index in [1.165, 1.54) is 11.8 Å². The third kappa shape index (κ3) is 3.44. The van der Waals surface area contributed by atoms with Crippen molar-refractivity contribution in [3.05, 3.63) is 0 Å². The van der Waals surface area contributed by atoms with E-state index in [0.717, 1.165) is 19.4 Å². The van der Waals surface area contributed by atoms with Crippen LogP contribution in [0.2, 0.25) is 0 Å². The van der Waals surface area contributed by atoms with Gasteiger partial charge >= 0.3 is 0 Å². The van der Waals surface area contributed by atoms with Gasteiger partial charge in [-0.1, -0.05) is 13.3 Å². The summed E-state index contributed by atoms with van der Waals surface area (Å²) in [5, 5.41) is 9.28. The number of thioether (sulfide) groups is 1. The zero-order chi connectivity index (χ0) is 9.68. The molecule has 1 N–H and O–H groups in total. The molecule has 1 rings (SSSR count). The van der Waals surface area contributed by atoms with Crippen LogP contribution in [0.4, 0.5) is 4.39 Å². The third-order valence-corrected chi connectivity index (χ3v) is 3.50. The maximum atomic E-state index is 12.8. The Balaban J connectivity index is 2.08. The van der Waals surface area contributed by atoms with E-state index in [9.17, 15) is 9.50 Å². The van der Waals surface area contributed by atoms with Crippen LogP contribution >= 0.6 is 11.8 Å². The molecule has 1 unspecified atom stereocenters. The minimum atomic E-state index is -1.07. The van der Waals surface area contributed by atoms with Crippen molar-refractivity contribution in [1.82, 2.24) is 0 Å². The van der Waals surface area contributed by atoms with Gasteiger partial charge in [-0.15, -0.1) is 0 Å². The summed E-state index contributed by atoms with van der Waals surface area (Å²) in [7, 11) is 0. The van der Waals surface area contributed by atoms with Crippen LogP contribution in [0.3, 0.4) is 0 Å². The number of aliphatic hydroxyl groups excluding tert-OH is 1. The highest BCUT2D eigenvalue weighted by Gasteiger charge is 2.35. The van der Waals surface area contributed by atoms with E-state index < -0.39 is 12.3 Å². The molecule has 0 radical (unpaired) electrons. The first-order valence-corrected chi connectivity index (χ1v) is 5.82. The van der Waals surface area contributed by atoms with Gasteiger partial charge in [0.25, 0.3) is 0 Å². The molecule has 3 atom stereocenters. The fraction of sp³-hybridized carbons (Fsp3) is 1.00. The van der Waals surface area contributed by atoms with Gasteiger partial charge in [-0.25, -0.2) is 4.39 Å². The Kier molecular flexibility index (Phi) is 5.06. The highest BCUT2D eigenvalue weighted by Crippen LogP contribution is 2.29. The van der Waals surface area contributed by atoms with Gasteiger partial charge in [0, 0.05) is 12.4 Å². The second kappa shape index (κ2) is 5.83. The van der Waals surface area contributed by atoms with Crippen LogP contribution < -0.4 is 0 Å². The monoisotopic (exact) mass is 208 g/mol. The largest absolute Gasteiger partial charge is 0.389 e. The maximum absolute atomic E-state index is 12.8. The van der Waals surface area contributed by atoms with E-state index in [2.05, 4.69) is 6.92 Å². The topological polar surface area (TPSA) is 29.5 Å². The molecule has 1 fully saturated rings. The predicted molar refractivity (Wildman–Crippen MR) is 52.9 cm³/mol. The number of halogens is 1. The second-order valence-corrected chi connectivity index (χ2v) is 4.58. The highest BCUT2D eigenvalue weighted by molar-refractivity contribution is 8.00. The smallest absolute Gasteiger partial charge is 0.136 e. The van der Waals surface area contributed by atoms with Gasteiger partial charge in [-0.2, -0.15) is 11.8 Å². The Labute approximate surface area is 82.8 Å². The predicted octanol–water partition coefficient (Wildman–Crippen LogP) is 1.62. The molecule has 4 heteroatoms. The van der Waals surface area contributed by atoms with E-state index >= 15 is 0 Å². The normalized spacial score (nSPS) is 33.9. The van der Waals surface area contributed by atoms with Crippen LogP contribution in [0.1, 0.15) is 19.8 Å². The Morgan fingerprint density at radius 3 is 2.92 bits per heavy atom. The van der Waals surface area contributed by atoms with Crippen molar-refractivity contribution in [3.63, 3.8) is 0 Å². The minimum absolute atomic E-state index is 0.0631. The van der Waals surface area contributed by atoms with Gasteiger partial charge in [-0.05, 0) is 6.42 Å². The van der Waals surface area contributed by atoms with Crippen molar-refractivity contribution >= 4 is 11.8 Å². The average molecular weight is 208 g/mol. The van der Waals surface area contributed by atoms with Gasteiger partial charge in [0.1, 0.15) is 12.3 Å². The Bertz CT molecular complexity index is 146. The van der Waals surface area contributed by atoms with Crippen molar-refractivity contribution in [2.75, 3.05) is 19.0 Å². The summed E-state index contributed by atoms with van der Waals surface area (Å²) in [6.45, 7) is 3.30. The molecule has 1 aliphatic rings. The average Bonchev–Trinajstić information content (AvgIpc) is 2.43. The lowest BCUT2D eigenvalue weighted by atomic mass is 10.2. The van der Waals surface area contributed by atoms with Gasteiger partial charge < -0.3 is 9.84 Å². The third-order valence-electron chi connectivity index (χ3n) is 2.15. The van der Waals surface area contributed by atoms with Crippen LogP contribution in [0.5, 0.6) is 0 Å². The Morgan fingerprint density at radius 1 is 1.62 bits per heavy atom. The standard InChI is InChI=1S/C9H17FO2S/c1-2-3-4-12-5-8-9(11)7(10)6-13-8/h7-9,11H,2-6H2,1H3/t7?,8-,9+/m1/s1. The molecule has 0 saturated carbocycles. The van der Waals surface area contributed by atoms with Gasteiger partial charge in [0.15, 0.2) is 0 Å². The summed E-state index contributed by atoms with van der Waals surface area (Å²) < 4.78 is 18.1. The Hall–Kier alpha value is 0.200. The molecule has 0 aromatic heterocycles. The van der Waals surface area contributed by atoms with Crippen LogP contribution in [-0.2, 0) is 4.74 Å². The minimum Gasteiger partial charge on any atom is -0.389 e. The first kappa shape index (κ1) is 11.3. The van der Waals surface area contributed by atoms with Crippen molar-refractivity contribution in [2.24, 2.45) is 0 Å². The lowest BCUT2D eigenvalue weighted by Crippen LogP contribution is -2.29. The molecular formula is C9H17FO2S. The highest BCUT2D eigenvalue weighted by atomic mass is 32.2. The zero-order valence-electron chi connectivity index (χ0n) is 7.91. The lowest BCUT2D eigenvalue weighted by Gasteiger charge is -2.14. The van der Waals surface area contributed by atoms with Crippen LogP contribution in [0.25, 0.3) is 0 Å². The van der Waals surface area contributed by atoms with Crippen molar-refractivity contribution in [3.8, 4) is 0 Å². The summed E-state index contributed by atoms with van der Waals surface area (Å²) in [5.41, 5.74) is 0. The molecule has 1 aliphatic heterocycles. The molecule has 13 heavy (non-hydrogen) atoms. The molecule has 0 amide bonds. The summed E-state index contributed by atoms with van der Waals surface area (Å²) in [6.07, 6.45) is 0.245. The first-order chi connectivity index (χ1) is 6.25. The summed E-state index contributed by atoms with van der Waals surface area (Å²) in [4.78, 5) is 0. The fourth-order valence-corrected chi connectivity index (χ4v) is 2.43. The van der Waals surface area contributed by atoms with Crippen molar-refractivity contribution in [2.45, 2.75) is 37.3 Å². The number of ether oxygens (including phenoxy) is 1. The summed E-state index contributed by atoms with van der Waals surface area (Å²) in [6, 6.07) is 0. The van der Waals surface area contributed by atoms with E-state index in [4.69, 9.17) is 4.74 Å². The second-order valence-electron chi connectivity index (χ2n) is 3.31. The van der Waals surface area contributed by atoms with Crippen LogP contribution in [0, 0.1) is 0 Å². The summed E-state index contributed by atoms with van der Waals surface area (Å²) in [5.74, 6) is 0.406. The fourth-order valence-electron chi connectivity index (χ4n) is 1.24. The quantitative estimate of drug-likeness (QED) is 0.696. The number of hydrogen-bond donors (Lipinski definition) is 1. The lowest BCUT2D eigenvalue weighted by molar-refractivity contribution is 0.0565. The van der Waals surface area contributed by atoms with Crippen molar-refractivity contribution < 1.29 is 14.2 Å². The number of unbranched alkanes of at least 4 members (excludes halogenated alkanes) is 1. The molecule has 1 heterocycles. The molecule has 0 bridgehead atoms. The maximum Gasteiger partial charge on any atom is 0.136 e. The molecule has 1 saturated heterocycles. The van der Waals surface area contributed by atoms with E-state index in [1.54, 1.807) is 0 Å². The molecule has 2 nitrogen and oxygen atoms in total. The summed E-state index contributed by atoms with van der Waals surface area (Å²) >= 11 is 1.47. The van der Waals surface area contributed by atoms with Gasteiger partial charge in [0.05, 0.1) is 11.9 Å². The number of rotatable bonds is 5. The van der Waals surface area contributed by atoms with E-state index in [0.29, 0.717) is 12.4 Å². The van der Waals surface area contributed by atoms with Gasteiger partial charge in [-0.3, -0.25) is 0 Å². The van der Waals surface area contributed by atoms with E-state index in [-0.39, 0.29) is 5.25 Å². The Morgan fingerprint density at radius 2 is 2.38 bits per heavy atom. The number of aliphatic hydroxyl groups is 1. The SMILES string of the molecule is CCCCOC[C@H]1SCC(F)[C@@H]1O.